The highest BCUT2D eigenvalue weighted by Gasteiger charge is 2.22. The molecule has 13 aromatic rings. The van der Waals surface area contributed by atoms with Crippen molar-refractivity contribution in [1.29, 1.82) is 0 Å². The van der Waals surface area contributed by atoms with Gasteiger partial charge in [-0.2, -0.15) is 0 Å². The second kappa shape index (κ2) is 14.0. The van der Waals surface area contributed by atoms with Crippen molar-refractivity contribution in [2.24, 2.45) is 0 Å². The van der Waals surface area contributed by atoms with Crippen LogP contribution in [0.3, 0.4) is 0 Å². The highest BCUT2D eigenvalue weighted by molar-refractivity contribution is 6.29. The zero-order chi connectivity index (χ0) is 41.4. The van der Waals surface area contributed by atoms with Crippen LogP contribution in [-0.4, -0.2) is 24.1 Å². The smallest absolute Gasteiger partial charge is 0.164 e. The quantitative estimate of drug-likeness (QED) is 0.168. The number of hydrogen-bond acceptors (Lipinski definition) is 4. The molecule has 13 rings (SSSR count). The number of hydrogen-bond donors (Lipinski definition) is 0. The maximum absolute atomic E-state index is 7.14. The Morgan fingerprint density at radius 1 is 0.286 bits per heavy atom. The molecule has 0 aliphatic rings. The minimum absolute atomic E-state index is 0.631. The van der Waals surface area contributed by atoms with Gasteiger partial charge in [-0.3, -0.25) is 0 Å². The van der Waals surface area contributed by atoms with Crippen molar-refractivity contribution >= 4 is 65.6 Å². The van der Waals surface area contributed by atoms with Gasteiger partial charge in [-0.05, 0) is 77.9 Å². The average molecular weight is 806 g/mol. The summed E-state index contributed by atoms with van der Waals surface area (Å²) in [6.45, 7) is 0. The van der Waals surface area contributed by atoms with Crippen molar-refractivity contribution in [2.75, 3.05) is 0 Å². The Hall–Kier alpha value is -8.61. The Morgan fingerprint density at radius 3 is 1.25 bits per heavy atom. The summed E-state index contributed by atoms with van der Waals surface area (Å²) in [7, 11) is 0. The van der Waals surface area contributed by atoms with Crippen molar-refractivity contribution in [1.82, 2.24) is 24.1 Å². The Morgan fingerprint density at radius 2 is 0.714 bits per heavy atom. The van der Waals surface area contributed by atoms with Crippen LogP contribution >= 0.6 is 0 Å². The van der Waals surface area contributed by atoms with Crippen molar-refractivity contribution in [2.45, 2.75) is 0 Å². The fourth-order valence-electron chi connectivity index (χ4n) is 9.51. The standard InChI is InChI=1S/C57H35N5O/c1-4-15-37(16-5-1)55-58-56(38-17-6-2-7-18-38)60-57(59-55)40-20-14-19-39(35-40)36-27-29-42(30-28-36)62-48-26-13-11-24-46(48)52-50(62)34-32-44-43-31-33-49-51(53(43)63-54(44)52)45-23-10-12-25-47(45)61(49)41-21-8-3-9-22-41/h1-35H. The third-order valence-electron chi connectivity index (χ3n) is 12.4. The molecule has 0 N–H and O–H groups in total. The Kier molecular flexibility index (Phi) is 7.80. The fraction of sp³-hybridized carbons (Fsp3) is 0. The van der Waals surface area contributed by atoms with Crippen molar-refractivity contribution in [3.05, 3.63) is 212 Å². The molecule has 0 saturated carbocycles. The molecule has 9 aromatic carbocycles. The maximum Gasteiger partial charge on any atom is 0.164 e. The molecule has 0 aliphatic heterocycles. The third kappa shape index (κ3) is 5.55. The van der Waals surface area contributed by atoms with E-state index in [4.69, 9.17) is 19.4 Å². The number of aromatic nitrogens is 5. The molecule has 0 amide bonds. The van der Waals surface area contributed by atoms with Crippen molar-refractivity contribution in [3.8, 4) is 56.7 Å². The van der Waals surface area contributed by atoms with Gasteiger partial charge in [-0.15, -0.1) is 0 Å². The summed E-state index contributed by atoms with van der Waals surface area (Å²) >= 11 is 0. The van der Waals surface area contributed by atoms with Gasteiger partial charge in [0.2, 0.25) is 0 Å². The summed E-state index contributed by atoms with van der Waals surface area (Å²) in [6.07, 6.45) is 0. The zero-order valence-electron chi connectivity index (χ0n) is 33.9. The highest BCUT2D eigenvalue weighted by atomic mass is 16.3. The van der Waals surface area contributed by atoms with Gasteiger partial charge in [0.25, 0.3) is 0 Å². The average Bonchev–Trinajstić information content (AvgIpc) is 4.02. The van der Waals surface area contributed by atoms with Crippen LogP contribution in [0.4, 0.5) is 0 Å². The minimum Gasteiger partial charge on any atom is -0.455 e. The molecule has 4 aromatic heterocycles. The van der Waals surface area contributed by atoms with Crippen molar-refractivity contribution < 1.29 is 4.42 Å². The molecule has 0 unspecified atom stereocenters. The van der Waals surface area contributed by atoms with E-state index in [1.165, 1.54) is 5.39 Å². The number of furan rings is 1. The molecule has 0 fully saturated rings. The van der Waals surface area contributed by atoms with Crippen LogP contribution in [0.25, 0.3) is 122 Å². The molecule has 0 aliphatic carbocycles. The molecule has 0 spiro atoms. The topological polar surface area (TPSA) is 61.7 Å². The molecule has 294 valence electrons. The van der Waals surface area contributed by atoms with Crippen LogP contribution < -0.4 is 0 Å². The van der Waals surface area contributed by atoms with Gasteiger partial charge in [0, 0.05) is 49.6 Å². The lowest BCUT2D eigenvalue weighted by molar-refractivity contribution is 0.677. The lowest BCUT2D eigenvalue weighted by Crippen LogP contribution is -2.00. The van der Waals surface area contributed by atoms with Gasteiger partial charge in [0.1, 0.15) is 11.2 Å². The number of benzene rings is 9. The van der Waals surface area contributed by atoms with E-state index < -0.39 is 0 Å². The second-order valence-corrected chi connectivity index (χ2v) is 16.0. The first-order valence-electron chi connectivity index (χ1n) is 21.2. The van der Waals surface area contributed by atoms with E-state index in [-0.39, 0.29) is 0 Å². The largest absolute Gasteiger partial charge is 0.455 e. The molecule has 6 nitrogen and oxygen atoms in total. The highest BCUT2D eigenvalue weighted by Crippen LogP contribution is 2.45. The molecule has 6 heteroatoms. The molecule has 0 radical (unpaired) electrons. The predicted molar refractivity (Wildman–Crippen MR) is 258 cm³/mol. The molecule has 4 heterocycles. The first-order chi connectivity index (χ1) is 31.2. The SMILES string of the molecule is c1ccc(-c2nc(-c3ccccc3)nc(-c3cccc(-c4ccc(-n5c6ccccc6c6c7oc8c(ccc9c8c8ccccc8n9-c8ccccc8)c7ccc65)cc4)c3)n2)cc1. The Labute approximate surface area is 361 Å². The molecular weight excluding hydrogens is 771 g/mol. The number of nitrogens with zero attached hydrogens (tertiary/aromatic N) is 5. The van der Waals surface area contributed by atoms with Crippen molar-refractivity contribution in [3.63, 3.8) is 0 Å². The van der Waals surface area contributed by atoms with Gasteiger partial charge in [0.05, 0.1) is 32.8 Å². The van der Waals surface area contributed by atoms with E-state index in [2.05, 4.69) is 161 Å². The molecular formula is C57H35N5O. The molecule has 63 heavy (non-hydrogen) atoms. The van der Waals surface area contributed by atoms with E-state index in [0.717, 1.165) is 99.4 Å². The summed E-state index contributed by atoms with van der Waals surface area (Å²) in [5.41, 5.74) is 13.5. The lowest BCUT2D eigenvalue weighted by Gasteiger charge is -2.11. The molecule has 0 saturated heterocycles. The lowest BCUT2D eigenvalue weighted by atomic mass is 10.0. The summed E-state index contributed by atoms with van der Waals surface area (Å²) < 4.78 is 11.8. The van der Waals surface area contributed by atoms with E-state index in [9.17, 15) is 0 Å². The number of fused-ring (bicyclic) bond motifs is 11. The summed E-state index contributed by atoms with van der Waals surface area (Å²) in [5.74, 6) is 1.92. The summed E-state index contributed by atoms with van der Waals surface area (Å²) in [4.78, 5) is 14.9. The van der Waals surface area contributed by atoms with Crippen LogP contribution in [0.5, 0.6) is 0 Å². The molecule has 0 bridgehead atoms. The van der Waals surface area contributed by atoms with Gasteiger partial charge in [-0.1, -0.05) is 146 Å². The normalized spacial score (nSPS) is 11.8. The van der Waals surface area contributed by atoms with E-state index in [1.54, 1.807) is 0 Å². The number of para-hydroxylation sites is 3. The summed E-state index contributed by atoms with van der Waals surface area (Å²) in [5, 5.41) is 6.79. The first-order valence-corrected chi connectivity index (χ1v) is 21.2. The van der Waals surface area contributed by atoms with Crippen LogP contribution in [0.2, 0.25) is 0 Å². The van der Waals surface area contributed by atoms with Gasteiger partial charge >= 0.3 is 0 Å². The van der Waals surface area contributed by atoms with Gasteiger partial charge in [0.15, 0.2) is 17.5 Å². The summed E-state index contributed by atoms with van der Waals surface area (Å²) in [6, 6.07) is 74.3. The third-order valence-corrected chi connectivity index (χ3v) is 12.4. The Balaban J connectivity index is 0.930. The van der Waals surface area contributed by atoms with E-state index >= 15 is 0 Å². The van der Waals surface area contributed by atoms with Gasteiger partial charge < -0.3 is 13.6 Å². The minimum atomic E-state index is 0.631. The number of rotatable bonds is 6. The first kappa shape index (κ1) is 35.2. The predicted octanol–water partition coefficient (Wildman–Crippen LogP) is 14.6. The van der Waals surface area contributed by atoms with Crippen LogP contribution in [-0.2, 0) is 0 Å². The Bertz CT molecular complexity index is 3830. The second-order valence-electron chi connectivity index (χ2n) is 16.0. The van der Waals surface area contributed by atoms with Crippen LogP contribution in [0, 0.1) is 0 Å². The van der Waals surface area contributed by atoms with E-state index in [1.807, 2.05) is 60.7 Å². The van der Waals surface area contributed by atoms with Crippen LogP contribution in [0.15, 0.2) is 217 Å². The zero-order valence-corrected chi connectivity index (χ0v) is 33.9. The molecule has 0 atom stereocenters. The van der Waals surface area contributed by atoms with Crippen LogP contribution in [0.1, 0.15) is 0 Å². The maximum atomic E-state index is 7.14. The van der Waals surface area contributed by atoms with Gasteiger partial charge in [-0.25, -0.2) is 15.0 Å². The van der Waals surface area contributed by atoms with E-state index in [0.29, 0.717) is 17.5 Å². The fourth-order valence-corrected chi connectivity index (χ4v) is 9.51. The monoisotopic (exact) mass is 805 g/mol.